The first-order chi connectivity index (χ1) is 4.30. The van der Waals surface area contributed by atoms with Crippen LogP contribution in [0.4, 0.5) is 0 Å². The van der Waals surface area contributed by atoms with Crippen LogP contribution in [0.3, 0.4) is 0 Å². The van der Waals surface area contributed by atoms with Gasteiger partial charge in [0.25, 0.3) is 0 Å². The molecule has 1 heterocycles. The third-order valence-electron chi connectivity index (χ3n) is 1.08. The van der Waals surface area contributed by atoms with Crippen LogP contribution in [0, 0.1) is 6.20 Å². The molecule has 1 aromatic heterocycles. The molecule has 0 aliphatic carbocycles. The summed E-state index contributed by atoms with van der Waals surface area (Å²) in [6, 6.07) is 0. The first-order valence-corrected chi connectivity index (χ1v) is 2.99. The van der Waals surface area contributed by atoms with Crippen LogP contribution in [0.2, 0.25) is 0 Å². The van der Waals surface area contributed by atoms with Gasteiger partial charge in [-0.1, -0.05) is 13.8 Å². The summed E-state index contributed by atoms with van der Waals surface area (Å²) in [5, 5.41) is 0. The van der Waals surface area contributed by atoms with Crippen molar-refractivity contribution in [2.24, 2.45) is 0 Å². The fourth-order valence-electron chi connectivity index (χ4n) is 0.557. The van der Waals surface area contributed by atoms with Crippen LogP contribution in [-0.4, -0.2) is 9.97 Å². The van der Waals surface area contributed by atoms with Crippen LogP contribution >= 0.6 is 0 Å². The molecular weight excluding hydrogens is 163 g/mol. The van der Waals surface area contributed by atoms with Crippen molar-refractivity contribution in [2.45, 2.75) is 19.8 Å². The van der Waals surface area contributed by atoms with E-state index in [4.69, 9.17) is 0 Å². The number of hydrogen-bond donors (Lipinski definition) is 0. The molecular formula is C7H9N2V-. The summed E-state index contributed by atoms with van der Waals surface area (Å²) >= 11 is 0. The molecule has 0 unspecified atom stereocenters. The van der Waals surface area contributed by atoms with Crippen molar-refractivity contribution in [3.05, 3.63) is 24.3 Å². The molecule has 0 amide bonds. The first-order valence-electron chi connectivity index (χ1n) is 2.99. The standard InChI is InChI=1S/C7H9N2.V/c1-6(2)7-5-8-3-4-9-7;/h3-4,6H,1-2H3;/q-1;. The quantitative estimate of drug-likeness (QED) is 0.598. The van der Waals surface area contributed by atoms with E-state index in [2.05, 4.69) is 30.0 Å². The van der Waals surface area contributed by atoms with Crippen LogP contribution in [0.1, 0.15) is 25.5 Å². The maximum atomic E-state index is 4.06. The van der Waals surface area contributed by atoms with Crippen molar-refractivity contribution in [2.75, 3.05) is 0 Å². The average Bonchev–Trinajstić information content (AvgIpc) is 1.90. The predicted molar refractivity (Wildman–Crippen MR) is 35.0 cm³/mol. The minimum atomic E-state index is 0. The molecule has 3 heteroatoms. The van der Waals surface area contributed by atoms with E-state index >= 15 is 0 Å². The molecule has 10 heavy (non-hydrogen) atoms. The third-order valence-corrected chi connectivity index (χ3v) is 1.08. The Kier molecular flexibility index (Phi) is 4.33. The van der Waals surface area contributed by atoms with Gasteiger partial charge in [-0.2, -0.15) is 0 Å². The second-order valence-corrected chi connectivity index (χ2v) is 2.21. The van der Waals surface area contributed by atoms with Gasteiger partial charge in [0.15, 0.2) is 0 Å². The van der Waals surface area contributed by atoms with Gasteiger partial charge in [-0.05, 0) is 17.8 Å². The molecule has 0 aromatic carbocycles. The van der Waals surface area contributed by atoms with Gasteiger partial charge in [0.2, 0.25) is 0 Å². The fourth-order valence-corrected chi connectivity index (χ4v) is 0.557. The summed E-state index contributed by atoms with van der Waals surface area (Å²) in [6.07, 6.45) is 6.12. The SMILES string of the molecule is CC(C)c1[c-]nccn1.[V]. The second-order valence-electron chi connectivity index (χ2n) is 2.21. The molecule has 0 saturated carbocycles. The van der Waals surface area contributed by atoms with E-state index < -0.39 is 0 Å². The maximum absolute atomic E-state index is 4.06. The predicted octanol–water partition coefficient (Wildman–Crippen LogP) is 1.40. The molecule has 0 N–H and O–H groups in total. The summed E-state index contributed by atoms with van der Waals surface area (Å²) in [5.74, 6) is 0.429. The Morgan fingerprint density at radius 3 is 2.40 bits per heavy atom. The maximum Gasteiger partial charge on any atom is 0 e. The molecule has 0 atom stereocenters. The minimum Gasteiger partial charge on any atom is -0.456 e. The summed E-state index contributed by atoms with van der Waals surface area (Å²) < 4.78 is 0. The topological polar surface area (TPSA) is 25.8 Å². The van der Waals surface area contributed by atoms with E-state index in [0.29, 0.717) is 5.92 Å². The van der Waals surface area contributed by atoms with E-state index in [9.17, 15) is 0 Å². The monoisotopic (exact) mass is 172 g/mol. The van der Waals surface area contributed by atoms with E-state index in [1.165, 1.54) is 0 Å². The van der Waals surface area contributed by atoms with Crippen molar-refractivity contribution in [1.82, 2.24) is 9.97 Å². The Morgan fingerprint density at radius 2 is 2.10 bits per heavy atom. The van der Waals surface area contributed by atoms with E-state index in [0.717, 1.165) is 5.69 Å². The molecule has 53 valence electrons. The van der Waals surface area contributed by atoms with Gasteiger partial charge >= 0.3 is 0 Å². The molecule has 0 fully saturated rings. The molecule has 0 saturated heterocycles. The van der Waals surface area contributed by atoms with Crippen molar-refractivity contribution in [1.29, 1.82) is 0 Å². The van der Waals surface area contributed by atoms with Crippen LogP contribution in [0.15, 0.2) is 12.4 Å². The smallest absolute Gasteiger partial charge is 0 e. The molecule has 1 rings (SSSR count). The zero-order valence-corrected chi connectivity index (χ0v) is 7.47. The molecule has 0 spiro atoms. The van der Waals surface area contributed by atoms with E-state index in [-0.39, 0.29) is 18.6 Å². The molecule has 0 aliphatic rings. The number of hydrogen-bond acceptors (Lipinski definition) is 2. The van der Waals surface area contributed by atoms with Gasteiger partial charge in [0.1, 0.15) is 0 Å². The summed E-state index contributed by atoms with van der Waals surface area (Å²) in [7, 11) is 0. The van der Waals surface area contributed by atoms with Gasteiger partial charge < -0.3 is 4.98 Å². The Balaban J connectivity index is 0.000000810. The van der Waals surface area contributed by atoms with Crippen molar-refractivity contribution in [3.63, 3.8) is 0 Å². The van der Waals surface area contributed by atoms with Crippen molar-refractivity contribution < 1.29 is 18.6 Å². The number of aromatic nitrogens is 2. The molecule has 0 bridgehead atoms. The largest absolute Gasteiger partial charge is 0.456 e. The Hall–Kier alpha value is -0.336. The van der Waals surface area contributed by atoms with E-state index in [1.54, 1.807) is 12.4 Å². The van der Waals surface area contributed by atoms with Crippen LogP contribution in [-0.2, 0) is 18.6 Å². The summed E-state index contributed by atoms with van der Waals surface area (Å²) in [4.78, 5) is 7.88. The van der Waals surface area contributed by atoms with Crippen LogP contribution in [0.5, 0.6) is 0 Å². The van der Waals surface area contributed by atoms with Gasteiger partial charge in [0.05, 0.1) is 0 Å². The number of nitrogens with zero attached hydrogens (tertiary/aromatic N) is 2. The van der Waals surface area contributed by atoms with Gasteiger partial charge in [0, 0.05) is 18.6 Å². The molecule has 2 nitrogen and oxygen atoms in total. The normalized spacial score (nSPS) is 9.10. The minimum absolute atomic E-state index is 0. The van der Waals surface area contributed by atoms with Crippen LogP contribution in [0.25, 0.3) is 0 Å². The van der Waals surface area contributed by atoms with E-state index in [1.807, 2.05) is 0 Å². The molecule has 0 aliphatic heterocycles. The van der Waals surface area contributed by atoms with Crippen LogP contribution < -0.4 is 0 Å². The van der Waals surface area contributed by atoms with Gasteiger partial charge in [-0.15, -0.1) is 12.4 Å². The van der Waals surface area contributed by atoms with Gasteiger partial charge in [-0.3, -0.25) is 4.98 Å². The first kappa shape index (κ1) is 9.66. The third kappa shape index (κ3) is 2.50. The molecule has 1 radical (unpaired) electrons. The Bertz CT molecular complexity index is 174. The second kappa shape index (κ2) is 4.48. The molecule has 1 aromatic rings. The summed E-state index contributed by atoms with van der Waals surface area (Å²) in [6.45, 7) is 4.14. The zero-order chi connectivity index (χ0) is 6.69. The summed E-state index contributed by atoms with van der Waals surface area (Å²) in [5.41, 5.74) is 0.928. The Labute approximate surface area is 73.0 Å². The Morgan fingerprint density at radius 1 is 1.40 bits per heavy atom. The number of rotatable bonds is 1. The van der Waals surface area contributed by atoms with Crippen molar-refractivity contribution >= 4 is 0 Å². The average molecular weight is 172 g/mol. The zero-order valence-electron chi connectivity index (χ0n) is 6.07. The fraction of sp³-hybridized carbons (Fsp3) is 0.429. The van der Waals surface area contributed by atoms with Crippen molar-refractivity contribution in [3.8, 4) is 0 Å². The van der Waals surface area contributed by atoms with Gasteiger partial charge in [-0.25, -0.2) is 0 Å².